The van der Waals surface area contributed by atoms with Gasteiger partial charge in [-0.25, -0.2) is 9.97 Å². The Morgan fingerprint density at radius 1 is 1.00 bits per heavy atom. The number of ether oxygens (including phenoxy) is 1. The Labute approximate surface area is 170 Å². The Balaban J connectivity index is 1.41. The summed E-state index contributed by atoms with van der Waals surface area (Å²) in [5, 5.41) is 3.29. The summed E-state index contributed by atoms with van der Waals surface area (Å²) in [5.41, 5.74) is 3.37. The number of anilines is 1. The van der Waals surface area contributed by atoms with Crippen molar-refractivity contribution in [1.82, 2.24) is 14.9 Å². The van der Waals surface area contributed by atoms with Crippen LogP contribution in [0.3, 0.4) is 0 Å². The van der Waals surface area contributed by atoms with E-state index in [1.807, 2.05) is 25.1 Å². The standard InChI is InChI=1S/C22H26N4OS/c1-17-9-10-20(27-2)21(23-17)26-12-6-11-25(13-14-26)15-19-16-28-22(24-19)18-7-4-3-5-8-18/h3-5,7-10,16H,6,11-15H2,1-2H3. The van der Waals surface area contributed by atoms with E-state index in [-0.39, 0.29) is 0 Å². The van der Waals surface area contributed by atoms with Gasteiger partial charge in [-0.3, -0.25) is 4.90 Å². The van der Waals surface area contributed by atoms with Crippen LogP contribution in [0.5, 0.6) is 5.75 Å². The van der Waals surface area contributed by atoms with Crippen LogP contribution in [-0.2, 0) is 6.54 Å². The molecule has 0 spiro atoms. The summed E-state index contributed by atoms with van der Waals surface area (Å²) in [5.74, 6) is 1.82. The molecular formula is C22H26N4OS. The van der Waals surface area contributed by atoms with Gasteiger partial charge >= 0.3 is 0 Å². The Morgan fingerprint density at radius 3 is 2.68 bits per heavy atom. The fourth-order valence-electron chi connectivity index (χ4n) is 3.58. The first-order valence-corrected chi connectivity index (χ1v) is 10.6. The third kappa shape index (κ3) is 4.34. The summed E-state index contributed by atoms with van der Waals surface area (Å²) >= 11 is 1.73. The summed E-state index contributed by atoms with van der Waals surface area (Å²) in [4.78, 5) is 14.4. The first-order chi connectivity index (χ1) is 13.7. The number of aromatic nitrogens is 2. The molecule has 1 aliphatic rings. The lowest BCUT2D eigenvalue weighted by atomic mass is 10.2. The van der Waals surface area contributed by atoms with Gasteiger partial charge in [0.2, 0.25) is 0 Å². The SMILES string of the molecule is COc1ccc(C)nc1N1CCCN(Cc2csc(-c3ccccc3)n2)CC1. The number of hydrogen-bond acceptors (Lipinski definition) is 6. The van der Waals surface area contributed by atoms with Crippen LogP contribution in [0.4, 0.5) is 5.82 Å². The van der Waals surface area contributed by atoms with Crippen molar-refractivity contribution >= 4 is 17.2 Å². The number of hydrogen-bond donors (Lipinski definition) is 0. The van der Waals surface area contributed by atoms with Gasteiger partial charge in [-0.15, -0.1) is 11.3 Å². The molecule has 0 saturated carbocycles. The van der Waals surface area contributed by atoms with Crippen LogP contribution >= 0.6 is 11.3 Å². The molecule has 0 N–H and O–H groups in total. The summed E-state index contributed by atoms with van der Waals surface area (Å²) in [6.45, 7) is 6.94. The van der Waals surface area contributed by atoms with Crippen molar-refractivity contribution in [1.29, 1.82) is 0 Å². The molecular weight excluding hydrogens is 368 g/mol. The van der Waals surface area contributed by atoms with E-state index in [1.165, 1.54) is 5.56 Å². The fourth-order valence-corrected chi connectivity index (χ4v) is 4.40. The summed E-state index contributed by atoms with van der Waals surface area (Å²) in [6.07, 6.45) is 1.11. The van der Waals surface area contributed by atoms with Crippen LogP contribution in [0, 0.1) is 6.92 Å². The van der Waals surface area contributed by atoms with Crippen LogP contribution in [0.15, 0.2) is 47.8 Å². The smallest absolute Gasteiger partial charge is 0.171 e. The quantitative estimate of drug-likeness (QED) is 0.648. The molecule has 0 aliphatic carbocycles. The lowest BCUT2D eigenvalue weighted by molar-refractivity contribution is 0.282. The predicted octanol–water partition coefficient (Wildman–Crippen LogP) is 4.23. The number of nitrogens with zero attached hydrogens (tertiary/aromatic N) is 4. The Kier molecular flexibility index (Phi) is 5.88. The molecule has 1 aliphatic heterocycles. The molecule has 6 heteroatoms. The van der Waals surface area contributed by atoms with Crippen molar-refractivity contribution in [3.8, 4) is 16.3 Å². The molecule has 0 atom stereocenters. The molecule has 1 fully saturated rings. The minimum Gasteiger partial charge on any atom is -0.493 e. The lowest BCUT2D eigenvalue weighted by Gasteiger charge is -2.24. The molecule has 2 aromatic heterocycles. The van der Waals surface area contributed by atoms with Crippen LogP contribution in [0.25, 0.3) is 10.6 Å². The maximum Gasteiger partial charge on any atom is 0.171 e. The number of pyridine rings is 1. The molecule has 3 aromatic rings. The Bertz CT molecular complexity index is 912. The van der Waals surface area contributed by atoms with Crippen molar-refractivity contribution in [3.63, 3.8) is 0 Å². The van der Waals surface area contributed by atoms with Crippen LogP contribution in [0.1, 0.15) is 17.8 Å². The van der Waals surface area contributed by atoms with Crippen molar-refractivity contribution in [2.24, 2.45) is 0 Å². The van der Waals surface area contributed by atoms with Crippen molar-refractivity contribution in [2.45, 2.75) is 19.9 Å². The molecule has 0 bridgehead atoms. The average molecular weight is 395 g/mol. The summed E-state index contributed by atoms with van der Waals surface area (Å²) < 4.78 is 5.54. The van der Waals surface area contributed by atoms with Crippen LogP contribution < -0.4 is 9.64 Å². The molecule has 3 heterocycles. The van der Waals surface area contributed by atoms with Crippen molar-refractivity contribution in [3.05, 3.63) is 59.2 Å². The monoisotopic (exact) mass is 394 g/mol. The second-order valence-electron chi connectivity index (χ2n) is 7.11. The number of thiazole rings is 1. The zero-order chi connectivity index (χ0) is 19.3. The average Bonchev–Trinajstić information content (AvgIpc) is 3.07. The zero-order valence-electron chi connectivity index (χ0n) is 16.5. The fraction of sp³-hybridized carbons (Fsp3) is 0.364. The molecule has 146 valence electrons. The van der Waals surface area contributed by atoms with E-state index in [0.717, 1.165) is 67.1 Å². The maximum absolute atomic E-state index is 5.54. The number of benzene rings is 1. The molecule has 4 rings (SSSR count). The topological polar surface area (TPSA) is 41.5 Å². The first kappa shape index (κ1) is 18.9. The third-order valence-corrected chi connectivity index (χ3v) is 5.98. The third-order valence-electron chi connectivity index (χ3n) is 5.04. The van der Waals surface area contributed by atoms with Gasteiger partial charge in [0.1, 0.15) is 5.01 Å². The van der Waals surface area contributed by atoms with Crippen LogP contribution in [-0.4, -0.2) is 48.2 Å². The van der Waals surface area contributed by atoms with Gasteiger partial charge in [0, 0.05) is 49.4 Å². The minimum atomic E-state index is 0.853. The second-order valence-corrected chi connectivity index (χ2v) is 7.96. The molecule has 0 amide bonds. The van der Waals surface area contributed by atoms with Gasteiger partial charge in [-0.1, -0.05) is 30.3 Å². The van der Waals surface area contributed by atoms with E-state index in [0.29, 0.717) is 0 Å². The second kappa shape index (κ2) is 8.71. The maximum atomic E-state index is 5.54. The van der Waals surface area contributed by atoms with E-state index >= 15 is 0 Å². The largest absolute Gasteiger partial charge is 0.493 e. The molecule has 0 unspecified atom stereocenters. The first-order valence-electron chi connectivity index (χ1n) is 9.71. The van der Waals surface area contributed by atoms with E-state index in [1.54, 1.807) is 18.4 Å². The minimum absolute atomic E-state index is 0.853. The molecule has 1 aromatic carbocycles. The van der Waals surface area contributed by atoms with Gasteiger partial charge in [0.25, 0.3) is 0 Å². The van der Waals surface area contributed by atoms with Crippen LogP contribution in [0.2, 0.25) is 0 Å². The Morgan fingerprint density at radius 2 is 1.86 bits per heavy atom. The molecule has 1 saturated heterocycles. The van der Waals surface area contributed by atoms with E-state index < -0.39 is 0 Å². The Hall–Kier alpha value is -2.44. The van der Waals surface area contributed by atoms with Gasteiger partial charge in [-0.2, -0.15) is 0 Å². The molecule has 5 nitrogen and oxygen atoms in total. The summed E-state index contributed by atoms with van der Waals surface area (Å²) in [6, 6.07) is 14.4. The summed E-state index contributed by atoms with van der Waals surface area (Å²) in [7, 11) is 1.71. The van der Waals surface area contributed by atoms with E-state index in [9.17, 15) is 0 Å². The normalized spacial score (nSPS) is 15.4. The van der Waals surface area contributed by atoms with Crippen molar-refractivity contribution < 1.29 is 4.74 Å². The highest BCUT2D eigenvalue weighted by Gasteiger charge is 2.20. The van der Waals surface area contributed by atoms with Gasteiger partial charge in [-0.05, 0) is 25.5 Å². The highest BCUT2D eigenvalue weighted by Crippen LogP contribution is 2.28. The number of aryl methyl sites for hydroxylation is 1. The highest BCUT2D eigenvalue weighted by molar-refractivity contribution is 7.13. The lowest BCUT2D eigenvalue weighted by Crippen LogP contribution is -2.31. The zero-order valence-corrected chi connectivity index (χ0v) is 17.3. The van der Waals surface area contributed by atoms with E-state index in [2.05, 4.69) is 39.4 Å². The molecule has 0 radical (unpaired) electrons. The molecule has 28 heavy (non-hydrogen) atoms. The van der Waals surface area contributed by atoms with E-state index in [4.69, 9.17) is 14.7 Å². The highest BCUT2D eigenvalue weighted by atomic mass is 32.1. The van der Waals surface area contributed by atoms with Gasteiger partial charge < -0.3 is 9.64 Å². The number of methoxy groups -OCH3 is 1. The van der Waals surface area contributed by atoms with Gasteiger partial charge in [0.15, 0.2) is 11.6 Å². The van der Waals surface area contributed by atoms with Crippen molar-refractivity contribution in [2.75, 3.05) is 38.2 Å². The predicted molar refractivity (Wildman–Crippen MR) is 115 cm³/mol. The van der Waals surface area contributed by atoms with Gasteiger partial charge in [0.05, 0.1) is 12.8 Å². The number of rotatable bonds is 5.